The summed E-state index contributed by atoms with van der Waals surface area (Å²) in [5.74, 6) is -0.888. The van der Waals surface area contributed by atoms with E-state index in [9.17, 15) is 13.6 Å². The molecule has 6 heteroatoms. The number of ether oxygens (including phenoxy) is 1. The van der Waals surface area contributed by atoms with Gasteiger partial charge in [0, 0.05) is 0 Å². The van der Waals surface area contributed by atoms with Gasteiger partial charge in [0.15, 0.2) is 11.5 Å². The first kappa shape index (κ1) is 11.9. The fraction of sp³-hybridized carbons (Fsp3) is 0.200. The number of carbonyl (C=O) groups excluding carboxylic acids is 1. The number of hydrogen-bond donors (Lipinski definition) is 1. The van der Waals surface area contributed by atoms with Crippen LogP contribution in [0.1, 0.15) is 22.8 Å². The molecule has 0 aliphatic carbocycles. The third-order valence-corrected chi connectivity index (χ3v) is 1.83. The summed E-state index contributed by atoms with van der Waals surface area (Å²) in [7, 11) is 0. The summed E-state index contributed by atoms with van der Waals surface area (Å²) in [5.41, 5.74) is 5.25. The predicted octanol–water partition coefficient (Wildman–Crippen LogP) is 1.94. The predicted molar refractivity (Wildman–Crippen MR) is 52.2 cm³/mol. The highest BCUT2D eigenvalue weighted by molar-refractivity contribution is 5.99. The topological polar surface area (TPSA) is 76.1 Å². The molecule has 4 nitrogen and oxygen atoms in total. The molecule has 1 aromatic rings. The van der Waals surface area contributed by atoms with Crippen LogP contribution in [0, 0.1) is 11.3 Å². The van der Waals surface area contributed by atoms with Crippen molar-refractivity contribution >= 4 is 11.5 Å². The molecule has 84 valence electrons. The van der Waals surface area contributed by atoms with Crippen LogP contribution in [0.3, 0.4) is 0 Å². The zero-order valence-electron chi connectivity index (χ0n) is 8.33. The van der Waals surface area contributed by atoms with Crippen molar-refractivity contribution in [2.45, 2.75) is 13.5 Å². The van der Waals surface area contributed by atoms with Gasteiger partial charge in [0.2, 0.25) is 0 Å². The zero-order valence-corrected chi connectivity index (χ0v) is 8.33. The van der Waals surface area contributed by atoms with Gasteiger partial charge in [-0.05, 0) is 19.1 Å². The number of anilines is 1. The fourth-order valence-corrected chi connectivity index (χ4v) is 1.20. The molecule has 0 aliphatic rings. The van der Waals surface area contributed by atoms with Crippen molar-refractivity contribution in [1.82, 2.24) is 0 Å². The molecule has 0 radical (unpaired) electrons. The maximum absolute atomic E-state index is 12.1. The number of benzene rings is 1. The molecule has 0 fully saturated rings. The second kappa shape index (κ2) is 4.57. The number of nitrogens with zero attached hydrogens (tertiary/aromatic N) is 1. The Bertz CT molecular complexity index is 467. The number of carbonyl (C=O) groups is 1. The number of hydrogen-bond acceptors (Lipinski definition) is 4. The van der Waals surface area contributed by atoms with E-state index in [0.717, 1.165) is 6.07 Å². The van der Waals surface area contributed by atoms with Gasteiger partial charge < -0.3 is 10.5 Å². The van der Waals surface area contributed by atoms with Crippen LogP contribution in [-0.2, 0) is 0 Å². The van der Waals surface area contributed by atoms with Gasteiger partial charge in [-0.3, -0.25) is 4.79 Å². The lowest BCUT2D eigenvalue weighted by atomic mass is 10.1. The number of nitriles is 1. The molecular formula is C10H8F2N2O2. The number of alkyl halides is 2. The number of rotatable bonds is 3. The highest BCUT2D eigenvalue weighted by atomic mass is 19.3. The van der Waals surface area contributed by atoms with Crippen LogP contribution in [0.15, 0.2) is 12.1 Å². The number of nitrogen functional groups attached to an aromatic ring is 1. The van der Waals surface area contributed by atoms with Crippen molar-refractivity contribution in [3.63, 3.8) is 0 Å². The van der Waals surface area contributed by atoms with Crippen LogP contribution < -0.4 is 10.5 Å². The summed E-state index contributed by atoms with van der Waals surface area (Å²) in [6, 6.07) is 4.10. The van der Waals surface area contributed by atoms with Crippen molar-refractivity contribution in [2.24, 2.45) is 0 Å². The normalized spacial score (nSPS) is 9.94. The minimum Gasteiger partial charge on any atom is -0.432 e. The van der Waals surface area contributed by atoms with E-state index in [1.807, 2.05) is 0 Å². The van der Waals surface area contributed by atoms with E-state index in [-0.39, 0.29) is 22.6 Å². The second-order valence-corrected chi connectivity index (χ2v) is 2.99. The van der Waals surface area contributed by atoms with Gasteiger partial charge >= 0.3 is 6.61 Å². The van der Waals surface area contributed by atoms with Gasteiger partial charge in [0.25, 0.3) is 0 Å². The van der Waals surface area contributed by atoms with Gasteiger partial charge in [0.1, 0.15) is 0 Å². The standard InChI is InChI=1S/C10H8F2N2O2/c1-5(15)7-2-6(4-13)3-8(14)9(7)16-10(11)12/h2-3,10H,14H2,1H3. The van der Waals surface area contributed by atoms with Gasteiger partial charge in [-0.2, -0.15) is 14.0 Å². The average Bonchev–Trinajstić information content (AvgIpc) is 2.19. The Morgan fingerprint density at radius 2 is 2.19 bits per heavy atom. The van der Waals surface area contributed by atoms with E-state index in [4.69, 9.17) is 11.0 Å². The van der Waals surface area contributed by atoms with Gasteiger partial charge in [-0.1, -0.05) is 0 Å². The zero-order chi connectivity index (χ0) is 12.3. The second-order valence-electron chi connectivity index (χ2n) is 2.99. The number of Topliss-reactive ketones (excluding diaryl/α,β-unsaturated/α-hetero) is 1. The Balaban J connectivity index is 3.35. The van der Waals surface area contributed by atoms with Crippen LogP contribution in [0.5, 0.6) is 5.75 Å². The molecule has 2 N–H and O–H groups in total. The Morgan fingerprint density at radius 1 is 1.56 bits per heavy atom. The molecule has 0 aromatic heterocycles. The molecule has 16 heavy (non-hydrogen) atoms. The van der Waals surface area contributed by atoms with Crippen molar-refractivity contribution in [3.05, 3.63) is 23.3 Å². The smallest absolute Gasteiger partial charge is 0.387 e. The van der Waals surface area contributed by atoms with Crippen LogP contribution in [0.4, 0.5) is 14.5 Å². The van der Waals surface area contributed by atoms with E-state index >= 15 is 0 Å². The molecule has 0 saturated carbocycles. The molecule has 0 amide bonds. The van der Waals surface area contributed by atoms with E-state index in [0.29, 0.717) is 0 Å². The SMILES string of the molecule is CC(=O)c1cc(C#N)cc(N)c1OC(F)F. The summed E-state index contributed by atoms with van der Waals surface area (Å²) >= 11 is 0. The van der Waals surface area contributed by atoms with E-state index in [1.54, 1.807) is 6.07 Å². The molecule has 0 heterocycles. The molecular weight excluding hydrogens is 218 g/mol. The van der Waals surface area contributed by atoms with Crippen LogP contribution in [0.2, 0.25) is 0 Å². The van der Waals surface area contributed by atoms with Gasteiger partial charge in [-0.25, -0.2) is 0 Å². The van der Waals surface area contributed by atoms with Crippen LogP contribution >= 0.6 is 0 Å². The first-order chi connectivity index (χ1) is 7.45. The molecule has 0 atom stereocenters. The monoisotopic (exact) mass is 226 g/mol. The van der Waals surface area contributed by atoms with Crippen molar-refractivity contribution < 1.29 is 18.3 Å². The summed E-state index contributed by atoms with van der Waals surface area (Å²) in [4.78, 5) is 11.2. The summed E-state index contributed by atoms with van der Waals surface area (Å²) in [6.07, 6.45) is 0. The van der Waals surface area contributed by atoms with Gasteiger partial charge in [0.05, 0.1) is 22.9 Å². The Kier molecular flexibility index (Phi) is 3.40. The molecule has 0 saturated heterocycles. The minimum absolute atomic E-state index is 0.115. The highest BCUT2D eigenvalue weighted by Crippen LogP contribution is 2.30. The average molecular weight is 226 g/mol. The summed E-state index contributed by atoms with van der Waals surface area (Å²) in [6.45, 7) is -1.90. The van der Waals surface area contributed by atoms with E-state index < -0.39 is 12.4 Å². The molecule has 1 rings (SSSR count). The van der Waals surface area contributed by atoms with Crippen LogP contribution in [0.25, 0.3) is 0 Å². The quantitative estimate of drug-likeness (QED) is 0.631. The first-order valence-corrected chi connectivity index (χ1v) is 4.25. The van der Waals surface area contributed by atoms with Gasteiger partial charge in [-0.15, -0.1) is 0 Å². The molecule has 0 aliphatic heterocycles. The Morgan fingerprint density at radius 3 is 2.62 bits per heavy atom. The molecule has 0 unspecified atom stereocenters. The Labute approximate surface area is 90.2 Å². The maximum Gasteiger partial charge on any atom is 0.387 e. The fourth-order valence-electron chi connectivity index (χ4n) is 1.20. The number of halogens is 2. The van der Waals surface area contributed by atoms with E-state index in [2.05, 4.69) is 4.74 Å². The lowest BCUT2D eigenvalue weighted by Crippen LogP contribution is -2.09. The summed E-state index contributed by atoms with van der Waals surface area (Å²) < 4.78 is 28.3. The summed E-state index contributed by atoms with van der Waals surface area (Å²) in [5, 5.41) is 8.64. The Hall–Kier alpha value is -2.16. The maximum atomic E-state index is 12.1. The largest absolute Gasteiger partial charge is 0.432 e. The first-order valence-electron chi connectivity index (χ1n) is 4.25. The number of nitrogens with two attached hydrogens (primary N) is 1. The third kappa shape index (κ3) is 2.45. The minimum atomic E-state index is -3.08. The molecule has 0 spiro atoms. The van der Waals surface area contributed by atoms with Crippen molar-refractivity contribution in [1.29, 1.82) is 5.26 Å². The van der Waals surface area contributed by atoms with Crippen molar-refractivity contribution in [2.75, 3.05) is 5.73 Å². The molecule has 1 aromatic carbocycles. The lowest BCUT2D eigenvalue weighted by Gasteiger charge is -2.11. The van der Waals surface area contributed by atoms with Crippen LogP contribution in [-0.4, -0.2) is 12.4 Å². The number of ketones is 1. The van der Waals surface area contributed by atoms with Crippen molar-refractivity contribution in [3.8, 4) is 11.8 Å². The lowest BCUT2D eigenvalue weighted by molar-refractivity contribution is -0.0496. The van der Waals surface area contributed by atoms with E-state index in [1.165, 1.54) is 13.0 Å². The third-order valence-electron chi connectivity index (χ3n) is 1.83. The molecule has 0 bridgehead atoms. The highest BCUT2D eigenvalue weighted by Gasteiger charge is 2.17.